The maximum absolute atomic E-state index is 10.0. The molecule has 0 atom stereocenters. The lowest BCUT2D eigenvalue weighted by Gasteiger charge is -2.25. The first-order chi connectivity index (χ1) is 8.72. The molecule has 0 unspecified atom stereocenters. The van der Waals surface area contributed by atoms with Crippen LogP contribution in [0.5, 0.6) is 0 Å². The summed E-state index contributed by atoms with van der Waals surface area (Å²) in [6, 6.07) is 0. The molecule has 18 heavy (non-hydrogen) atoms. The van der Waals surface area contributed by atoms with Gasteiger partial charge in [0.1, 0.15) is 0 Å². The van der Waals surface area contributed by atoms with Crippen molar-refractivity contribution < 1.29 is 19.1 Å². The second-order valence-electron chi connectivity index (χ2n) is 3.80. The van der Waals surface area contributed by atoms with Crippen molar-refractivity contribution in [1.82, 2.24) is 4.90 Å². The van der Waals surface area contributed by atoms with Gasteiger partial charge in [-0.2, -0.15) is 0 Å². The van der Waals surface area contributed by atoms with Gasteiger partial charge in [0.05, 0.1) is 26.1 Å². The number of hydrogen-bond donors (Lipinski definition) is 0. The summed E-state index contributed by atoms with van der Waals surface area (Å²) in [7, 11) is 0. The van der Waals surface area contributed by atoms with Crippen molar-refractivity contribution in [2.75, 3.05) is 32.8 Å². The van der Waals surface area contributed by atoms with Crippen molar-refractivity contribution in [3.63, 3.8) is 0 Å². The van der Waals surface area contributed by atoms with Crippen LogP contribution in [-0.4, -0.2) is 49.7 Å². The Morgan fingerprint density at radius 3 is 1.94 bits per heavy atom. The Kier molecular flexibility index (Phi) is 10.2. The molecule has 104 valence electrons. The van der Waals surface area contributed by atoms with Gasteiger partial charge in [0.15, 0.2) is 0 Å². The molecule has 0 bridgehead atoms. The van der Waals surface area contributed by atoms with Crippen LogP contribution in [0.4, 0.5) is 0 Å². The Morgan fingerprint density at radius 2 is 1.61 bits per heavy atom. The van der Waals surface area contributed by atoms with E-state index in [0.29, 0.717) is 0 Å². The summed E-state index contributed by atoms with van der Waals surface area (Å²) >= 11 is 0. The fourth-order valence-electron chi connectivity index (χ4n) is 1.57. The lowest BCUT2D eigenvalue weighted by atomic mass is 10.4. The first-order valence-electron chi connectivity index (χ1n) is 6.26. The van der Waals surface area contributed by atoms with Gasteiger partial charge in [-0.3, -0.25) is 14.5 Å². The average Bonchev–Trinajstić information content (AvgIpc) is 2.78. The third-order valence-electron chi connectivity index (χ3n) is 2.40. The molecular formula is C13H23NO4. The van der Waals surface area contributed by atoms with Crippen LogP contribution < -0.4 is 0 Å². The van der Waals surface area contributed by atoms with Crippen LogP contribution in [-0.2, 0) is 19.1 Å². The van der Waals surface area contributed by atoms with Crippen molar-refractivity contribution in [2.45, 2.75) is 26.2 Å². The molecule has 5 heteroatoms. The van der Waals surface area contributed by atoms with E-state index in [-0.39, 0.29) is 12.8 Å². The highest BCUT2D eigenvalue weighted by Crippen LogP contribution is 2.03. The maximum Gasteiger partial charge on any atom is 0.314 e. The van der Waals surface area contributed by atoms with E-state index < -0.39 is 11.9 Å². The van der Waals surface area contributed by atoms with E-state index in [0.717, 1.165) is 26.3 Å². The molecule has 2 aliphatic heterocycles. The van der Waals surface area contributed by atoms with Crippen LogP contribution in [0.3, 0.4) is 0 Å². The molecule has 2 aliphatic rings. The van der Waals surface area contributed by atoms with Gasteiger partial charge in [0.25, 0.3) is 0 Å². The molecule has 0 radical (unpaired) electrons. The average molecular weight is 257 g/mol. The summed E-state index contributed by atoms with van der Waals surface area (Å²) in [5.41, 5.74) is 0. The predicted octanol–water partition coefficient (Wildman–Crippen LogP) is 1.38. The third-order valence-corrected chi connectivity index (χ3v) is 2.40. The lowest BCUT2D eigenvalue weighted by molar-refractivity contribution is -0.151. The fraction of sp³-hybridized carbons (Fsp3) is 0.692. The van der Waals surface area contributed by atoms with Crippen LogP contribution >= 0.6 is 0 Å². The van der Waals surface area contributed by atoms with Crippen molar-refractivity contribution in [1.29, 1.82) is 0 Å². The normalized spacial score (nSPS) is 19.2. The minimum absolute atomic E-state index is 0.263. The molecule has 0 aliphatic carbocycles. The van der Waals surface area contributed by atoms with Crippen molar-refractivity contribution >= 4 is 11.9 Å². The number of morpholine rings is 1. The highest BCUT2D eigenvalue weighted by atomic mass is 16.6. The summed E-state index contributed by atoms with van der Waals surface area (Å²) in [5.74, 6) is -0.796. The Hall–Kier alpha value is -1.20. The number of esters is 2. The minimum Gasteiger partial charge on any atom is -0.393 e. The fourth-order valence-corrected chi connectivity index (χ4v) is 1.57. The number of carbonyl (C=O) groups excluding carboxylic acids is 2. The molecule has 5 nitrogen and oxygen atoms in total. The first-order valence-corrected chi connectivity index (χ1v) is 6.26. The minimum atomic E-state index is -0.398. The van der Waals surface area contributed by atoms with Crippen molar-refractivity contribution in [2.24, 2.45) is 0 Å². The van der Waals surface area contributed by atoms with Crippen LogP contribution in [0.1, 0.15) is 26.2 Å². The van der Waals surface area contributed by atoms with Gasteiger partial charge in [0.2, 0.25) is 0 Å². The highest BCUT2D eigenvalue weighted by Gasteiger charge is 2.19. The van der Waals surface area contributed by atoms with Gasteiger partial charge >= 0.3 is 11.9 Å². The standard InChI is InChI=1S/C7H15NO.C4H4O3.C2H4/c1-2-3-8-4-6-9-7-5-8;5-3-1-2-4(6)7-3;1-2/h2-7H2,1H3;1-2H2;1-2H2. The molecule has 0 spiro atoms. The number of ether oxygens (including phenoxy) is 2. The zero-order valence-electron chi connectivity index (χ0n) is 11.2. The molecule has 0 aromatic heterocycles. The number of cyclic esters (lactones) is 2. The van der Waals surface area contributed by atoms with Crippen LogP contribution in [0.25, 0.3) is 0 Å². The number of hydrogen-bond acceptors (Lipinski definition) is 5. The summed E-state index contributed by atoms with van der Waals surface area (Å²) in [4.78, 5) is 22.5. The highest BCUT2D eigenvalue weighted by molar-refractivity contribution is 5.92. The lowest BCUT2D eigenvalue weighted by Crippen LogP contribution is -2.36. The van der Waals surface area contributed by atoms with Crippen molar-refractivity contribution in [3.05, 3.63) is 13.2 Å². The summed E-state index contributed by atoms with van der Waals surface area (Å²) in [6.07, 6.45) is 1.79. The maximum atomic E-state index is 10.0. The summed E-state index contributed by atoms with van der Waals surface area (Å²) in [6.45, 7) is 13.6. The molecule has 2 saturated heterocycles. The molecule has 0 N–H and O–H groups in total. The molecule has 2 rings (SSSR count). The Labute approximate surface area is 109 Å². The van der Waals surface area contributed by atoms with Gasteiger partial charge < -0.3 is 9.47 Å². The number of rotatable bonds is 2. The van der Waals surface area contributed by atoms with Gasteiger partial charge in [-0.15, -0.1) is 13.2 Å². The molecule has 0 amide bonds. The van der Waals surface area contributed by atoms with E-state index in [4.69, 9.17) is 4.74 Å². The molecule has 0 saturated carbocycles. The number of carbonyl (C=O) groups is 2. The third kappa shape index (κ3) is 7.97. The van der Waals surface area contributed by atoms with Crippen molar-refractivity contribution in [3.8, 4) is 0 Å². The van der Waals surface area contributed by atoms with Gasteiger partial charge in [0, 0.05) is 13.1 Å². The summed E-state index contributed by atoms with van der Waals surface area (Å²) < 4.78 is 9.29. The van der Waals surface area contributed by atoms with Crippen LogP contribution in [0.2, 0.25) is 0 Å². The first kappa shape index (κ1) is 16.8. The quantitative estimate of drug-likeness (QED) is 0.425. The van der Waals surface area contributed by atoms with E-state index in [9.17, 15) is 9.59 Å². The molecule has 0 aromatic carbocycles. The molecule has 0 aromatic rings. The molecule has 2 heterocycles. The topological polar surface area (TPSA) is 55.8 Å². The zero-order chi connectivity index (χ0) is 13.8. The number of nitrogens with zero attached hydrogens (tertiary/aromatic N) is 1. The van der Waals surface area contributed by atoms with Gasteiger partial charge in [-0.05, 0) is 13.0 Å². The second kappa shape index (κ2) is 10.9. The van der Waals surface area contributed by atoms with Crippen LogP contribution in [0.15, 0.2) is 13.2 Å². The Bertz CT molecular complexity index is 233. The zero-order valence-corrected chi connectivity index (χ0v) is 11.2. The molecular weight excluding hydrogens is 234 g/mol. The Morgan fingerprint density at radius 1 is 1.11 bits per heavy atom. The van der Waals surface area contributed by atoms with E-state index in [2.05, 4.69) is 29.7 Å². The Balaban J connectivity index is 0.000000289. The van der Waals surface area contributed by atoms with E-state index >= 15 is 0 Å². The predicted molar refractivity (Wildman–Crippen MR) is 69.1 cm³/mol. The van der Waals surface area contributed by atoms with Gasteiger partial charge in [-0.1, -0.05) is 6.92 Å². The largest absolute Gasteiger partial charge is 0.393 e. The van der Waals surface area contributed by atoms with Crippen LogP contribution in [0, 0.1) is 0 Å². The van der Waals surface area contributed by atoms with E-state index in [1.54, 1.807) is 0 Å². The monoisotopic (exact) mass is 257 g/mol. The summed E-state index contributed by atoms with van der Waals surface area (Å²) in [5, 5.41) is 0. The van der Waals surface area contributed by atoms with E-state index in [1.165, 1.54) is 13.0 Å². The van der Waals surface area contributed by atoms with E-state index in [1.807, 2.05) is 0 Å². The SMILES string of the molecule is C=C.CCCN1CCOCC1.O=C1CCC(=O)O1. The molecule has 2 fully saturated rings. The van der Waals surface area contributed by atoms with Gasteiger partial charge in [-0.25, -0.2) is 0 Å². The smallest absolute Gasteiger partial charge is 0.314 e. The second-order valence-corrected chi connectivity index (χ2v) is 3.80.